The number of aromatic amines is 1. The van der Waals surface area contributed by atoms with Gasteiger partial charge < -0.3 is 10.7 Å². The van der Waals surface area contributed by atoms with Crippen LogP contribution in [0.3, 0.4) is 0 Å². The summed E-state index contributed by atoms with van der Waals surface area (Å²) < 4.78 is 27.0. The van der Waals surface area contributed by atoms with Gasteiger partial charge in [0.2, 0.25) is 0 Å². The van der Waals surface area contributed by atoms with Crippen molar-refractivity contribution in [2.75, 3.05) is 4.72 Å². The first kappa shape index (κ1) is 13.6. The molecular weight excluding hydrogens is 288 g/mol. The number of aromatic nitrogens is 2. The fraction of sp³-hybridized carbons (Fsp3) is 0.0714. The SMILES string of the molecule is NCc1cc(S(=O)(=O)Nc2cnc3ccccc3c2)c[nH]1. The molecule has 3 rings (SSSR count). The van der Waals surface area contributed by atoms with Crippen LogP contribution in [0.1, 0.15) is 5.69 Å². The van der Waals surface area contributed by atoms with Crippen LogP contribution in [0.15, 0.2) is 53.7 Å². The highest BCUT2D eigenvalue weighted by Gasteiger charge is 2.16. The van der Waals surface area contributed by atoms with Crippen molar-refractivity contribution in [2.45, 2.75) is 11.4 Å². The monoisotopic (exact) mass is 302 g/mol. The summed E-state index contributed by atoms with van der Waals surface area (Å²) in [5.41, 5.74) is 7.36. The largest absolute Gasteiger partial charge is 0.363 e. The van der Waals surface area contributed by atoms with Gasteiger partial charge in [0.05, 0.1) is 17.4 Å². The predicted molar refractivity (Wildman–Crippen MR) is 81.2 cm³/mol. The Morgan fingerprint density at radius 2 is 2.05 bits per heavy atom. The van der Waals surface area contributed by atoms with E-state index < -0.39 is 10.0 Å². The van der Waals surface area contributed by atoms with E-state index in [9.17, 15) is 8.42 Å². The molecule has 2 aromatic heterocycles. The standard InChI is InChI=1S/C14H14N4O2S/c15-7-11-6-13(9-16-11)21(19,20)18-12-5-10-3-1-2-4-14(10)17-8-12/h1-6,8-9,16,18H,7,15H2. The van der Waals surface area contributed by atoms with Gasteiger partial charge in [-0.3, -0.25) is 9.71 Å². The maximum Gasteiger partial charge on any atom is 0.263 e. The maximum atomic E-state index is 12.3. The van der Waals surface area contributed by atoms with Crippen LogP contribution in [-0.4, -0.2) is 18.4 Å². The number of anilines is 1. The lowest BCUT2D eigenvalue weighted by atomic mass is 10.2. The number of hydrogen-bond donors (Lipinski definition) is 3. The zero-order chi connectivity index (χ0) is 14.9. The van der Waals surface area contributed by atoms with Crippen molar-refractivity contribution in [3.8, 4) is 0 Å². The molecule has 0 aliphatic carbocycles. The van der Waals surface area contributed by atoms with Gasteiger partial charge in [-0.25, -0.2) is 8.42 Å². The molecule has 7 heteroatoms. The number of nitrogens with two attached hydrogens (primary N) is 1. The average Bonchev–Trinajstić information content (AvgIpc) is 2.96. The Hall–Kier alpha value is -2.38. The molecule has 1 aromatic carbocycles. The van der Waals surface area contributed by atoms with E-state index in [-0.39, 0.29) is 11.4 Å². The number of nitrogens with zero attached hydrogens (tertiary/aromatic N) is 1. The van der Waals surface area contributed by atoms with Crippen molar-refractivity contribution in [2.24, 2.45) is 5.73 Å². The molecule has 2 heterocycles. The number of H-pyrrole nitrogens is 1. The summed E-state index contributed by atoms with van der Waals surface area (Å²) in [4.78, 5) is 7.19. The highest BCUT2D eigenvalue weighted by Crippen LogP contribution is 2.20. The molecule has 3 aromatic rings. The summed E-state index contributed by atoms with van der Waals surface area (Å²) in [5.74, 6) is 0. The quantitative estimate of drug-likeness (QED) is 0.684. The molecule has 0 spiro atoms. The lowest BCUT2D eigenvalue weighted by Crippen LogP contribution is -2.12. The Kier molecular flexibility index (Phi) is 3.36. The van der Waals surface area contributed by atoms with E-state index in [1.165, 1.54) is 18.5 Å². The highest BCUT2D eigenvalue weighted by molar-refractivity contribution is 7.92. The van der Waals surface area contributed by atoms with Crippen molar-refractivity contribution < 1.29 is 8.42 Å². The van der Waals surface area contributed by atoms with Crippen LogP contribution >= 0.6 is 0 Å². The summed E-state index contributed by atoms with van der Waals surface area (Å²) >= 11 is 0. The van der Waals surface area contributed by atoms with Crippen molar-refractivity contribution in [3.05, 3.63) is 54.5 Å². The van der Waals surface area contributed by atoms with Crippen LogP contribution in [-0.2, 0) is 16.6 Å². The third-order valence-electron chi connectivity index (χ3n) is 3.09. The Balaban J connectivity index is 1.93. The van der Waals surface area contributed by atoms with Crippen LogP contribution in [0.25, 0.3) is 10.9 Å². The van der Waals surface area contributed by atoms with Crippen molar-refractivity contribution in [3.63, 3.8) is 0 Å². The van der Waals surface area contributed by atoms with Gasteiger partial charge >= 0.3 is 0 Å². The Labute approximate surface area is 122 Å². The molecule has 0 unspecified atom stereocenters. The fourth-order valence-electron chi connectivity index (χ4n) is 2.03. The molecule has 0 bridgehead atoms. The molecule has 0 fully saturated rings. The number of nitrogens with one attached hydrogen (secondary N) is 2. The predicted octanol–water partition coefficient (Wildman–Crippen LogP) is 1.82. The van der Waals surface area contributed by atoms with Gasteiger partial charge in [0.15, 0.2) is 0 Å². The third-order valence-corrected chi connectivity index (χ3v) is 4.45. The van der Waals surface area contributed by atoms with E-state index >= 15 is 0 Å². The number of rotatable bonds is 4. The topological polar surface area (TPSA) is 101 Å². The maximum absolute atomic E-state index is 12.3. The van der Waals surface area contributed by atoms with Gasteiger partial charge in [-0.1, -0.05) is 18.2 Å². The van der Waals surface area contributed by atoms with Gasteiger partial charge in [-0.2, -0.15) is 0 Å². The van der Waals surface area contributed by atoms with Crippen LogP contribution in [0.5, 0.6) is 0 Å². The Morgan fingerprint density at radius 1 is 1.24 bits per heavy atom. The normalized spacial score (nSPS) is 11.7. The number of benzene rings is 1. The highest BCUT2D eigenvalue weighted by atomic mass is 32.2. The number of fused-ring (bicyclic) bond motifs is 1. The zero-order valence-corrected chi connectivity index (χ0v) is 11.9. The van der Waals surface area contributed by atoms with E-state index in [0.29, 0.717) is 11.4 Å². The van der Waals surface area contributed by atoms with E-state index in [1.54, 1.807) is 6.07 Å². The van der Waals surface area contributed by atoms with Crippen LogP contribution < -0.4 is 10.5 Å². The minimum Gasteiger partial charge on any atom is -0.363 e. The Morgan fingerprint density at radius 3 is 2.81 bits per heavy atom. The van der Waals surface area contributed by atoms with E-state index in [2.05, 4.69) is 14.7 Å². The molecule has 0 aliphatic rings. The van der Waals surface area contributed by atoms with Crippen molar-refractivity contribution in [1.82, 2.24) is 9.97 Å². The van der Waals surface area contributed by atoms with Gasteiger partial charge in [0, 0.05) is 23.8 Å². The molecular formula is C14H14N4O2S. The Bertz CT molecular complexity index is 887. The molecule has 0 atom stereocenters. The minimum atomic E-state index is -3.65. The second-order valence-corrected chi connectivity index (χ2v) is 6.27. The van der Waals surface area contributed by atoms with Crippen LogP contribution in [0.2, 0.25) is 0 Å². The van der Waals surface area contributed by atoms with Crippen molar-refractivity contribution >= 4 is 26.6 Å². The first-order valence-corrected chi connectivity index (χ1v) is 7.82. The van der Waals surface area contributed by atoms with Crippen LogP contribution in [0, 0.1) is 0 Å². The smallest absolute Gasteiger partial charge is 0.263 e. The zero-order valence-electron chi connectivity index (χ0n) is 11.1. The number of para-hydroxylation sites is 1. The molecule has 108 valence electrons. The van der Waals surface area contributed by atoms with Gasteiger partial charge in [-0.15, -0.1) is 0 Å². The molecule has 4 N–H and O–H groups in total. The first-order valence-electron chi connectivity index (χ1n) is 6.33. The molecule has 21 heavy (non-hydrogen) atoms. The second kappa shape index (κ2) is 5.19. The number of pyridine rings is 1. The summed E-state index contributed by atoms with van der Waals surface area (Å²) in [6.45, 7) is 0.257. The van der Waals surface area contributed by atoms with Crippen LogP contribution in [0.4, 0.5) is 5.69 Å². The second-order valence-electron chi connectivity index (χ2n) is 4.59. The van der Waals surface area contributed by atoms with E-state index in [4.69, 9.17) is 5.73 Å². The lowest BCUT2D eigenvalue weighted by Gasteiger charge is -2.07. The summed E-state index contributed by atoms with van der Waals surface area (Å²) in [7, 11) is -3.65. The van der Waals surface area contributed by atoms with E-state index in [0.717, 1.165) is 10.9 Å². The lowest BCUT2D eigenvalue weighted by molar-refractivity contribution is 0.601. The summed E-state index contributed by atoms with van der Waals surface area (Å²) in [6, 6.07) is 10.8. The van der Waals surface area contributed by atoms with E-state index in [1.807, 2.05) is 24.3 Å². The fourth-order valence-corrected chi connectivity index (χ4v) is 3.08. The van der Waals surface area contributed by atoms with Gasteiger partial charge in [0.25, 0.3) is 10.0 Å². The van der Waals surface area contributed by atoms with Gasteiger partial charge in [-0.05, 0) is 18.2 Å². The molecule has 0 radical (unpaired) electrons. The van der Waals surface area contributed by atoms with Crippen molar-refractivity contribution in [1.29, 1.82) is 0 Å². The number of sulfonamides is 1. The average molecular weight is 302 g/mol. The minimum absolute atomic E-state index is 0.149. The molecule has 0 aliphatic heterocycles. The molecule has 0 saturated carbocycles. The summed E-state index contributed by atoms with van der Waals surface area (Å²) in [6.07, 6.45) is 2.91. The molecule has 6 nitrogen and oxygen atoms in total. The number of hydrogen-bond acceptors (Lipinski definition) is 4. The van der Waals surface area contributed by atoms with Gasteiger partial charge in [0.1, 0.15) is 4.90 Å². The molecule has 0 saturated heterocycles. The summed E-state index contributed by atoms with van der Waals surface area (Å²) in [5, 5.41) is 0.870. The first-order chi connectivity index (χ1) is 10.1. The third kappa shape index (κ3) is 2.74. The molecule has 0 amide bonds.